The van der Waals surface area contributed by atoms with E-state index in [1.54, 1.807) is 16.0 Å². The Bertz CT molecular complexity index is 985. The summed E-state index contributed by atoms with van der Waals surface area (Å²) in [5, 5.41) is 6.70. The summed E-state index contributed by atoms with van der Waals surface area (Å²) in [5.41, 5.74) is 3.50. The predicted molar refractivity (Wildman–Crippen MR) is 110 cm³/mol. The Hall–Kier alpha value is -2.03. The number of rotatable bonds is 5. The van der Waals surface area contributed by atoms with Crippen LogP contribution in [0.2, 0.25) is 0 Å². The summed E-state index contributed by atoms with van der Waals surface area (Å²) in [6.07, 6.45) is 8.58. The van der Waals surface area contributed by atoms with Crippen molar-refractivity contribution < 1.29 is 0 Å². The van der Waals surface area contributed by atoms with Crippen LogP contribution >= 0.6 is 11.3 Å². The van der Waals surface area contributed by atoms with Crippen LogP contribution in [0.15, 0.2) is 28.6 Å². The van der Waals surface area contributed by atoms with E-state index in [4.69, 9.17) is 0 Å². The highest BCUT2D eigenvalue weighted by Crippen LogP contribution is 2.17. The molecule has 148 valence electrons. The number of piperazine rings is 1. The van der Waals surface area contributed by atoms with Crippen LogP contribution in [-0.4, -0.2) is 61.7 Å². The molecule has 0 aromatic carbocycles. The van der Waals surface area contributed by atoms with Gasteiger partial charge in [-0.3, -0.25) is 19.0 Å². The van der Waals surface area contributed by atoms with Crippen LogP contribution in [-0.2, 0) is 25.9 Å². The maximum Gasteiger partial charge on any atom is 0.267 e. The zero-order valence-electron chi connectivity index (χ0n) is 16.1. The number of fused-ring (bicyclic) bond motifs is 2. The van der Waals surface area contributed by atoms with Crippen molar-refractivity contribution >= 4 is 16.3 Å². The fourth-order valence-corrected chi connectivity index (χ4v) is 4.97. The second-order valence-corrected chi connectivity index (χ2v) is 8.70. The average Bonchev–Trinajstić information content (AvgIpc) is 3.29. The zero-order chi connectivity index (χ0) is 18.9. The summed E-state index contributed by atoms with van der Waals surface area (Å²) < 4.78 is 3.77. The molecule has 1 aliphatic heterocycles. The van der Waals surface area contributed by atoms with Crippen molar-refractivity contribution in [3.8, 4) is 0 Å². The molecule has 7 nitrogen and oxygen atoms in total. The summed E-state index contributed by atoms with van der Waals surface area (Å²) in [7, 11) is 0. The average molecular weight is 399 g/mol. The summed E-state index contributed by atoms with van der Waals surface area (Å²) in [4.78, 5) is 23.0. The van der Waals surface area contributed by atoms with E-state index in [-0.39, 0.29) is 5.56 Å². The Kier molecular flexibility index (Phi) is 5.00. The molecular formula is C20H26N6OS. The summed E-state index contributed by atoms with van der Waals surface area (Å²) >= 11 is 1.68. The highest BCUT2D eigenvalue weighted by molar-refractivity contribution is 7.15. The van der Waals surface area contributed by atoms with E-state index in [9.17, 15) is 4.79 Å². The molecule has 5 rings (SSSR count). The molecule has 1 fully saturated rings. The summed E-state index contributed by atoms with van der Waals surface area (Å²) in [6, 6.07) is 1.81. The van der Waals surface area contributed by atoms with Gasteiger partial charge in [0.05, 0.1) is 17.9 Å². The Morgan fingerprint density at radius 1 is 1.04 bits per heavy atom. The molecule has 0 saturated carbocycles. The van der Waals surface area contributed by atoms with Gasteiger partial charge < -0.3 is 0 Å². The lowest BCUT2D eigenvalue weighted by Gasteiger charge is -2.34. The van der Waals surface area contributed by atoms with Gasteiger partial charge in [-0.15, -0.1) is 11.3 Å². The summed E-state index contributed by atoms with van der Waals surface area (Å²) in [5.74, 6) is 0. The zero-order valence-corrected chi connectivity index (χ0v) is 16.9. The third-order valence-electron chi connectivity index (χ3n) is 5.90. The second-order valence-electron chi connectivity index (χ2n) is 7.83. The molecule has 0 bridgehead atoms. The Morgan fingerprint density at radius 3 is 2.71 bits per heavy atom. The molecule has 4 heterocycles. The van der Waals surface area contributed by atoms with Crippen molar-refractivity contribution in [1.82, 2.24) is 29.0 Å². The van der Waals surface area contributed by atoms with Gasteiger partial charge in [0.15, 0.2) is 4.96 Å². The molecule has 1 aliphatic carbocycles. The Labute approximate surface area is 168 Å². The number of thiazole rings is 1. The molecule has 0 N–H and O–H groups in total. The minimum Gasteiger partial charge on any atom is -0.299 e. The first kappa shape index (κ1) is 18.0. The van der Waals surface area contributed by atoms with Crippen molar-refractivity contribution in [3.05, 3.63) is 51.1 Å². The number of aryl methyl sites for hydroxylation is 2. The van der Waals surface area contributed by atoms with Gasteiger partial charge in [-0.05, 0) is 31.2 Å². The second kappa shape index (κ2) is 7.77. The first-order chi connectivity index (χ1) is 13.7. The topological polar surface area (TPSA) is 58.7 Å². The van der Waals surface area contributed by atoms with Gasteiger partial charge in [-0.2, -0.15) is 5.10 Å². The van der Waals surface area contributed by atoms with Crippen LogP contribution in [0.4, 0.5) is 0 Å². The van der Waals surface area contributed by atoms with Crippen molar-refractivity contribution in [2.24, 2.45) is 0 Å². The first-order valence-electron chi connectivity index (χ1n) is 10.2. The highest BCUT2D eigenvalue weighted by Gasteiger charge is 2.19. The third-order valence-corrected chi connectivity index (χ3v) is 6.67. The fraction of sp³-hybridized carbons (Fsp3) is 0.550. The van der Waals surface area contributed by atoms with E-state index in [2.05, 4.69) is 42.1 Å². The molecule has 3 aromatic heterocycles. The van der Waals surface area contributed by atoms with Gasteiger partial charge in [-0.25, -0.2) is 9.67 Å². The molecule has 2 aliphatic rings. The molecule has 1 saturated heterocycles. The smallest absolute Gasteiger partial charge is 0.267 e. The van der Waals surface area contributed by atoms with Gasteiger partial charge in [0, 0.05) is 63.1 Å². The van der Waals surface area contributed by atoms with Gasteiger partial charge in [0.25, 0.3) is 5.56 Å². The lowest BCUT2D eigenvalue weighted by molar-refractivity contribution is 0.121. The van der Waals surface area contributed by atoms with Crippen LogP contribution in [0.5, 0.6) is 0 Å². The maximum absolute atomic E-state index is 12.3. The lowest BCUT2D eigenvalue weighted by Crippen LogP contribution is -2.47. The molecule has 0 radical (unpaired) electrons. The number of hydrogen-bond acceptors (Lipinski definition) is 6. The van der Waals surface area contributed by atoms with Crippen LogP contribution in [0.3, 0.4) is 0 Å². The minimum atomic E-state index is 0.0547. The number of hydrogen-bond donors (Lipinski definition) is 0. The Morgan fingerprint density at radius 2 is 1.86 bits per heavy atom. The number of aromatic nitrogens is 4. The van der Waals surface area contributed by atoms with E-state index < -0.39 is 0 Å². The monoisotopic (exact) mass is 398 g/mol. The first-order valence-corrected chi connectivity index (χ1v) is 11.1. The maximum atomic E-state index is 12.3. The molecule has 0 atom stereocenters. The van der Waals surface area contributed by atoms with Gasteiger partial charge in [-0.1, -0.05) is 0 Å². The highest BCUT2D eigenvalue weighted by atomic mass is 32.1. The van der Waals surface area contributed by atoms with E-state index in [0.717, 1.165) is 68.5 Å². The van der Waals surface area contributed by atoms with Crippen molar-refractivity contribution in [3.63, 3.8) is 0 Å². The number of imidazole rings is 1. The van der Waals surface area contributed by atoms with Gasteiger partial charge >= 0.3 is 0 Å². The third kappa shape index (κ3) is 3.76. The molecule has 0 unspecified atom stereocenters. The molecular weight excluding hydrogens is 372 g/mol. The van der Waals surface area contributed by atoms with Crippen molar-refractivity contribution in [1.29, 1.82) is 0 Å². The molecule has 8 heteroatoms. The SMILES string of the molecule is O=c1cc2c(nn1CCN1CCN(Cc3cn4ccsc4n3)CC1)CCCC2. The standard InChI is InChI=1S/C20H26N6OS/c27-19-13-16-3-1-2-4-18(16)22-26(19)10-9-23-5-7-24(8-6-23)14-17-15-25-11-12-28-20(25)21-17/h11-13,15H,1-10,14H2. The van der Waals surface area contributed by atoms with E-state index >= 15 is 0 Å². The van der Waals surface area contributed by atoms with Crippen molar-refractivity contribution in [2.75, 3.05) is 32.7 Å². The van der Waals surface area contributed by atoms with Crippen LogP contribution in [0.1, 0.15) is 29.8 Å². The number of nitrogens with zero attached hydrogens (tertiary/aromatic N) is 6. The largest absolute Gasteiger partial charge is 0.299 e. The van der Waals surface area contributed by atoms with Crippen LogP contribution in [0, 0.1) is 0 Å². The predicted octanol–water partition coefficient (Wildman–Crippen LogP) is 1.65. The minimum absolute atomic E-state index is 0.0547. The molecule has 0 spiro atoms. The van der Waals surface area contributed by atoms with Crippen LogP contribution in [0.25, 0.3) is 4.96 Å². The fourth-order valence-electron chi connectivity index (χ4n) is 4.25. The Balaban J connectivity index is 1.13. The molecule has 3 aromatic rings. The quantitative estimate of drug-likeness (QED) is 0.654. The summed E-state index contributed by atoms with van der Waals surface area (Å²) in [6.45, 7) is 6.62. The van der Waals surface area contributed by atoms with E-state index in [0.29, 0.717) is 6.54 Å². The van der Waals surface area contributed by atoms with Gasteiger partial charge in [0.1, 0.15) is 0 Å². The lowest BCUT2D eigenvalue weighted by atomic mass is 9.97. The van der Waals surface area contributed by atoms with Crippen LogP contribution < -0.4 is 5.56 Å². The van der Waals surface area contributed by atoms with Crippen molar-refractivity contribution in [2.45, 2.75) is 38.8 Å². The normalized spacial score (nSPS) is 18.6. The van der Waals surface area contributed by atoms with E-state index in [1.807, 2.05) is 6.07 Å². The van der Waals surface area contributed by atoms with Gasteiger partial charge in [0.2, 0.25) is 0 Å². The molecule has 0 amide bonds. The van der Waals surface area contributed by atoms with E-state index in [1.165, 1.54) is 18.4 Å². The molecule has 28 heavy (non-hydrogen) atoms.